The fourth-order valence-electron chi connectivity index (χ4n) is 6.35. The van der Waals surface area contributed by atoms with E-state index in [9.17, 15) is 9.90 Å². The van der Waals surface area contributed by atoms with Crippen LogP contribution in [-0.2, 0) is 11.8 Å². The van der Waals surface area contributed by atoms with Crippen molar-refractivity contribution in [2.45, 2.75) is 89.6 Å². The number of amides is 2. The molecule has 3 N–H and O–H groups in total. The molecule has 1 aliphatic heterocycles. The number of anilines is 1. The Balaban J connectivity index is 1.25. The summed E-state index contributed by atoms with van der Waals surface area (Å²) in [5.74, 6) is 2.34. The van der Waals surface area contributed by atoms with E-state index in [0.717, 1.165) is 58.7 Å². The molecule has 0 saturated heterocycles. The van der Waals surface area contributed by atoms with Gasteiger partial charge in [-0.1, -0.05) is 101 Å². The molecule has 40 heavy (non-hydrogen) atoms. The van der Waals surface area contributed by atoms with Crippen molar-refractivity contribution in [1.29, 1.82) is 0 Å². The lowest BCUT2D eigenvalue weighted by Crippen LogP contribution is -2.34. The van der Waals surface area contributed by atoms with Crippen LogP contribution < -0.4 is 15.4 Å². The minimum atomic E-state index is -0.268. The number of urea groups is 1. The van der Waals surface area contributed by atoms with Crippen LogP contribution in [0.1, 0.15) is 93.9 Å². The monoisotopic (exact) mass is 540 g/mol. The van der Waals surface area contributed by atoms with E-state index in [2.05, 4.69) is 61.7 Å². The number of aliphatic hydroxyl groups is 1. The van der Waals surface area contributed by atoms with Crippen LogP contribution >= 0.6 is 0 Å². The molecule has 212 valence electrons. The summed E-state index contributed by atoms with van der Waals surface area (Å²) < 4.78 is 6.11. The van der Waals surface area contributed by atoms with Gasteiger partial charge >= 0.3 is 6.03 Å². The van der Waals surface area contributed by atoms with Gasteiger partial charge in [0, 0.05) is 29.3 Å². The maximum absolute atomic E-state index is 13.3. The number of nitrogens with one attached hydrogen (secondary N) is 2. The number of hydrogen-bond donors (Lipinski definition) is 3. The van der Waals surface area contributed by atoms with Gasteiger partial charge in [-0.15, -0.1) is 0 Å². The fraction of sp³-hybridized carbons (Fsp3) is 0.457. The van der Waals surface area contributed by atoms with Crippen LogP contribution in [0.5, 0.6) is 11.5 Å². The normalized spacial score (nSPS) is 16.4. The molecule has 3 aromatic carbocycles. The number of aryl methyl sites for hydroxylation is 1. The molecule has 0 radical (unpaired) electrons. The summed E-state index contributed by atoms with van der Waals surface area (Å²) in [6.07, 6.45) is 8.64. The number of hydrogen-bond acceptors (Lipinski definition) is 3. The molecule has 1 saturated carbocycles. The first kappa shape index (κ1) is 28.2. The van der Waals surface area contributed by atoms with Crippen molar-refractivity contribution in [2.75, 3.05) is 11.9 Å². The summed E-state index contributed by atoms with van der Waals surface area (Å²) in [7, 11) is 0. The Labute approximate surface area is 239 Å². The highest BCUT2D eigenvalue weighted by Crippen LogP contribution is 2.43. The topological polar surface area (TPSA) is 70.6 Å². The Morgan fingerprint density at radius 1 is 0.950 bits per heavy atom. The van der Waals surface area contributed by atoms with Crippen molar-refractivity contribution in [2.24, 2.45) is 5.92 Å². The van der Waals surface area contributed by atoms with Gasteiger partial charge in [0.2, 0.25) is 0 Å². The lowest BCUT2D eigenvalue weighted by Gasteiger charge is -2.28. The molecule has 5 nitrogen and oxygen atoms in total. The molecule has 0 aromatic heterocycles. The smallest absolute Gasteiger partial charge is 0.319 e. The van der Waals surface area contributed by atoms with E-state index in [4.69, 9.17) is 4.74 Å². The highest BCUT2D eigenvalue weighted by Gasteiger charge is 2.27. The molecule has 1 atom stereocenters. The number of rotatable bonds is 8. The number of fused-ring (bicyclic) bond motifs is 2. The number of aliphatic hydroxyl groups excluding tert-OH is 1. The third-order valence-corrected chi connectivity index (χ3v) is 8.51. The predicted molar refractivity (Wildman–Crippen MR) is 162 cm³/mol. The third-order valence-electron chi connectivity index (χ3n) is 8.51. The first-order chi connectivity index (χ1) is 19.3. The minimum absolute atomic E-state index is 0.00553. The van der Waals surface area contributed by atoms with Gasteiger partial charge in [-0.3, -0.25) is 0 Å². The van der Waals surface area contributed by atoms with Gasteiger partial charge in [0.15, 0.2) is 0 Å². The van der Waals surface area contributed by atoms with Gasteiger partial charge in [0.25, 0.3) is 0 Å². The SMILES string of the molecule is CC(C)(C)c1ccc(CCC(O)CC2CCCCC2)cc1NC(=O)NCC1c2ccccc2Oc2ccccc21. The Morgan fingerprint density at radius 3 is 2.25 bits per heavy atom. The van der Waals surface area contributed by atoms with Crippen LogP contribution in [0.15, 0.2) is 66.7 Å². The average Bonchev–Trinajstić information content (AvgIpc) is 2.94. The maximum Gasteiger partial charge on any atom is 0.319 e. The van der Waals surface area contributed by atoms with Gasteiger partial charge in [-0.25, -0.2) is 4.79 Å². The van der Waals surface area contributed by atoms with Crippen molar-refractivity contribution >= 4 is 11.7 Å². The molecule has 1 aliphatic carbocycles. The van der Waals surface area contributed by atoms with Crippen LogP contribution in [0.4, 0.5) is 10.5 Å². The lowest BCUT2D eigenvalue weighted by molar-refractivity contribution is 0.122. The van der Waals surface area contributed by atoms with Gasteiger partial charge in [-0.2, -0.15) is 0 Å². The minimum Gasteiger partial charge on any atom is -0.457 e. The molecule has 1 fully saturated rings. The van der Waals surface area contributed by atoms with E-state index in [1.807, 2.05) is 36.4 Å². The molecule has 5 heteroatoms. The molecular formula is C35H44N2O3. The number of ether oxygens (including phenoxy) is 1. The van der Waals surface area contributed by atoms with Crippen molar-refractivity contribution in [3.8, 4) is 11.5 Å². The molecule has 2 amide bonds. The fourth-order valence-corrected chi connectivity index (χ4v) is 6.35. The number of benzene rings is 3. The molecule has 3 aromatic rings. The van der Waals surface area contributed by atoms with Crippen LogP contribution in [0, 0.1) is 5.92 Å². The molecule has 1 unspecified atom stereocenters. The van der Waals surface area contributed by atoms with Crippen molar-refractivity contribution in [3.63, 3.8) is 0 Å². The summed E-state index contributed by atoms with van der Waals surface area (Å²) in [5.41, 5.74) is 5.09. The van der Waals surface area contributed by atoms with E-state index >= 15 is 0 Å². The van der Waals surface area contributed by atoms with Crippen LogP contribution in [-0.4, -0.2) is 23.8 Å². The molecule has 0 bridgehead atoms. The third kappa shape index (κ3) is 6.87. The van der Waals surface area contributed by atoms with Crippen LogP contribution in [0.3, 0.4) is 0 Å². The average molecular weight is 541 g/mol. The molecular weight excluding hydrogens is 496 g/mol. The quantitative estimate of drug-likeness (QED) is 0.269. The number of carbonyl (C=O) groups is 1. The van der Waals surface area contributed by atoms with Gasteiger partial charge in [0.1, 0.15) is 11.5 Å². The Morgan fingerprint density at radius 2 is 1.60 bits per heavy atom. The zero-order chi connectivity index (χ0) is 28.1. The van der Waals surface area contributed by atoms with Gasteiger partial charge in [0.05, 0.1) is 6.10 Å². The van der Waals surface area contributed by atoms with E-state index in [0.29, 0.717) is 12.5 Å². The van der Waals surface area contributed by atoms with E-state index < -0.39 is 0 Å². The number of para-hydroxylation sites is 2. The number of carbonyl (C=O) groups excluding carboxylic acids is 1. The largest absolute Gasteiger partial charge is 0.457 e. The Kier molecular flexibility index (Phi) is 8.80. The summed E-state index contributed by atoms with van der Waals surface area (Å²) in [6, 6.07) is 22.2. The highest BCUT2D eigenvalue weighted by atomic mass is 16.5. The molecule has 5 rings (SSSR count). The lowest BCUT2D eigenvalue weighted by atomic mass is 9.83. The molecule has 0 spiro atoms. The van der Waals surface area contributed by atoms with Crippen molar-refractivity contribution in [3.05, 3.63) is 89.0 Å². The second-order valence-electron chi connectivity index (χ2n) is 12.6. The first-order valence-electron chi connectivity index (χ1n) is 15.0. The Hall–Kier alpha value is -3.31. The second-order valence-corrected chi connectivity index (χ2v) is 12.6. The summed E-state index contributed by atoms with van der Waals surface area (Å²) >= 11 is 0. The zero-order valence-electron chi connectivity index (χ0n) is 24.2. The summed E-state index contributed by atoms with van der Waals surface area (Å²) in [6.45, 7) is 6.94. The Bertz CT molecular complexity index is 1260. The predicted octanol–water partition coefficient (Wildman–Crippen LogP) is 8.31. The maximum atomic E-state index is 13.3. The van der Waals surface area contributed by atoms with E-state index in [-0.39, 0.29) is 23.5 Å². The van der Waals surface area contributed by atoms with Crippen molar-refractivity contribution < 1.29 is 14.6 Å². The van der Waals surface area contributed by atoms with Gasteiger partial charge < -0.3 is 20.5 Å². The van der Waals surface area contributed by atoms with E-state index in [1.54, 1.807) is 0 Å². The van der Waals surface area contributed by atoms with Crippen molar-refractivity contribution in [1.82, 2.24) is 5.32 Å². The first-order valence-corrected chi connectivity index (χ1v) is 15.0. The van der Waals surface area contributed by atoms with E-state index in [1.165, 1.54) is 32.1 Å². The second kappa shape index (κ2) is 12.5. The standard InChI is InChI=1S/C35H44N2O3/c1-35(2,3)30-20-18-25(17-19-26(38)21-24-11-5-4-6-12-24)22-31(30)37-34(39)36-23-29-27-13-7-9-15-32(27)40-33-16-10-8-14-28(29)33/h7-10,13-16,18,20,22,24,26,29,38H,4-6,11-12,17,19,21,23H2,1-3H3,(H2,36,37,39). The van der Waals surface area contributed by atoms with Crippen LogP contribution in [0.2, 0.25) is 0 Å². The highest BCUT2D eigenvalue weighted by molar-refractivity contribution is 5.90. The summed E-state index contributed by atoms with van der Waals surface area (Å²) in [5, 5.41) is 17.0. The molecule has 1 heterocycles. The zero-order valence-corrected chi connectivity index (χ0v) is 24.2. The van der Waals surface area contributed by atoms with Crippen LogP contribution in [0.25, 0.3) is 0 Å². The van der Waals surface area contributed by atoms with Gasteiger partial charge in [-0.05, 0) is 59.9 Å². The summed E-state index contributed by atoms with van der Waals surface area (Å²) in [4.78, 5) is 13.3. The molecule has 2 aliphatic rings.